The number of benzene rings is 1. The second-order valence-corrected chi connectivity index (χ2v) is 33.0. The molecule has 4 aliphatic carbocycles. The van der Waals surface area contributed by atoms with Gasteiger partial charge in [-0.1, -0.05) is 97.3 Å². The summed E-state index contributed by atoms with van der Waals surface area (Å²) in [4.78, 5) is 69.8. The average molecular weight is 1710 g/mol. The number of fused-ring (bicyclic) bond motifs is 5. The number of likely N-dealkylation sites (tertiary alicyclic amines) is 2. The van der Waals surface area contributed by atoms with Gasteiger partial charge in [-0.25, -0.2) is 8.78 Å². The maximum Gasteiger partial charge on any atom is 0.318 e. The predicted molar refractivity (Wildman–Crippen MR) is 482 cm³/mol. The zero-order chi connectivity index (χ0) is 86.9. The number of carbonyl (C=O) groups excluding carboxylic acids is 2. The van der Waals surface area contributed by atoms with Gasteiger partial charge in [0.2, 0.25) is 11.8 Å². The molecule has 13 rings (SSSR count). The number of hydrogen-bond donors (Lipinski definition) is 5. The molecule has 4 aliphatic heterocycles. The summed E-state index contributed by atoms with van der Waals surface area (Å²) in [6.07, 6.45) is 29.3. The van der Waals surface area contributed by atoms with Crippen molar-refractivity contribution in [3.05, 3.63) is 97.2 Å². The van der Waals surface area contributed by atoms with Crippen molar-refractivity contribution in [2.75, 3.05) is 133 Å². The van der Waals surface area contributed by atoms with Crippen LogP contribution in [0.25, 0.3) is 22.3 Å². The van der Waals surface area contributed by atoms with Crippen LogP contribution < -0.4 is 52.5 Å². The van der Waals surface area contributed by atoms with Gasteiger partial charge < -0.3 is 62.3 Å². The third-order valence-corrected chi connectivity index (χ3v) is 24.0. The van der Waals surface area contributed by atoms with Gasteiger partial charge in [0.25, 0.3) is 5.92 Å². The lowest BCUT2D eigenvalue weighted by molar-refractivity contribution is -0.135. The second kappa shape index (κ2) is 49.3. The number of carbonyl (C=O) groups is 2. The lowest BCUT2D eigenvalue weighted by atomic mass is 10.0. The number of aromatic nitrogens is 8. The number of halogens is 2. The van der Waals surface area contributed by atoms with E-state index in [4.69, 9.17) is 47.6 Å². The van der Waals surface area contributed by atoms with E-state index in [0.717, 1.165) is 303 Å². The Bertz CT molecular complexity index is 4690. The number of ether oxygens (including phenoxy) is 4. The summed E-state index contributed by atoms with van der Waals surface area (Å²) in [5.41, 5.74) is 46.3. The minimum Gasteiger partial charge on any atom is -0.463 e. The predicted octanol–water partition coefficient (Wildman–Crippen LogP) is 14.5. The number of nitrogen functional groups attached to an aromatic ring is 4. The number of para-hydroxylation sites is 1. The molecule has 8 aliphatic rings. The summed E-state index contributed by atoms with van der Waals surface area (Å²) >= 11 is 0. The number of piperidine rings is 1. The van der Waals surface area contributed by atoms with Crippen LogP contribution in [0.15, 0.2) is 46.6 Å². The number of piperazine rings is 1. The van der Waals surface area contributed by atoms with E-state index in [1.54, 1.807) is 0 Å². The van der Waals surface area contributed by atoms with Crippen LogP contribution in [0.1, 0.15) is 264 Å². The number of nitrogens with zero attached hydrogens (tertiary/aromatic N) is 17. The summed E-state index contributed by atoms with van der Waals surface area (Å²) in [6.45, 7) is 19.6. The lowest BCUT2D eigenvalue weighted by Crippen LogP contribution is -2.48. The molecule has 0 unspecified atom stereocenters. The maximum atomic E-state index is 13.2. The van der Waals surface area contributed by atoms with Crippen molar-refractivity contribution in [2.24, 2.45) is 5.73 Å². The molecular formula is C92H130F2N22O6S. The Morgan fingerprint density at radius 2 is 0.846 bits per heavy atom. The Morgan fingerprint density at radius 3 is 1.22 bits per heavy atom. The zero-order valence-electron chi connectivity index (χ0n) is 73.2. The largest absolute Gasteiger partial charge is 0.463 e. The second-order valence-electron chi connectivity index (χ2n) is 33.0. The van der Waals surface area contributed by atoms with Gasteiger partial charge in [-0.05, 0) is 189 Å². The van der Waals surface area contributed by atoms with Gasteiger partial charge in [0.1, 0.15) is 23.3 Å². The molecule has 8 heterocycles. The summed E-state index contributed by atoms with van der Waals surface area (Å²) in [5.74, 6) is -0.860. The highest BCUT2D eigenvalue weighted by molar-refractivity contribution is 7.59. The van der Waals surface area contributed by atoms with Crippen molar-refractivity contribution in [2.45, 2.75) is 258 Å². The van der Waals surface area contributed by atoms with E-state index in [0.29, 0.717) is 119 Å². The zero-order valence-corrected chi connectivity index (χ0v) is 74.2. The average Bonchev–Trinajstić information content (AvgIpc) is 1.65. The first-order chi connectivity index (χ1) is 59.2. The number of alkyl halides is 2. The van der Waals surface area contributed by atoms with Crippen LogP contribution >= 0.6 is 13.5 Å². The molecule has 31 heteroatoms. The highest BCUT2D eigenvalue weighted by atomic mass is 32.1. The fourth-order valence-electron chi connectivity index (χ4n) is 16.9. The molecule has 3 fully saturated rings. The van der Waals surface area contributed by atoms with E-state index in [2.05, 4.69) is 136 Å². The van der Waals surface area contributed by atoms with Crippen LogP contribution in [-0.4, -0.2) is 189 Å². The van der Waals surface area contributed by atoms with Crippen LogP contribution in [0.3, 0.4) is 0 Å². The third-order valence-electron chi connectivity index (χ3n) is 24.0. The van der Waals surface area contributed by atoms with E-state index >= 15 is 0 Å². The molecule has 0 spiro atoms. The number of hydrogen-bond acceptors (Lipinski definition) is 26. The lowest BCUT2D eigenvalue weighted by Gasteiger charge is -2.32. The molecule has 664 valence electrons. The van der Waals surface area contributed by atoms with Crippen molar-refractivity contribution in [1.82, 2.24) is 59.5 Å². The molecule has 10 N–H and O–H groups in total. The van der Waals surface area contributed by atoms with Gasteiger partial charge in [0, 0.05) is 135 Å². The first kappa shape index (κ1) is 96.5. The Morgan fingerprint density at radius 1 is 0.472 bits per heavy atom. The SMILES string of the molecule is CCCCOc1nc(N)c2c(n1)C(CCCCCN1CCC(F)(F)CC1)=C(C#N)C2.CCCCOc1nc(N)c2c(n1)C(CCCCCN1CCC[C@H]1C(N)=O)=C(C#N)C2.CCCCOc1nc(N)c2c(n1)C(CCCCCN1CCCc3ccccc31)=C(C#N)C2.CCCCOc1nc(N)c2c(n1)C(CCCCCN1CCN(C)CC1=O)=C(C#N)C2.S. The van der Waals surface area contributed by atoms with Gasteiger partial charge in [-0.15, -0.1) is 0 Å². The summed E-state index contributed by atoms with van der Waals surface area (Å²) < 4.78 is 49.1. The van der Waals surface area contributed by atoms with Gasteiger partial charge in [0.05, 0.1) is 86.1 Å². The minimum atomic E-state index is -2.49. The monoisotopic (exact) mass is 1710 g/mol. The molecule has 0 radical (unpaired) electrons. The van der Waals surface area contributed by atoms with Crippen LogP contribution in [0.4, 0.5) is 37.7 Å². The Hall–Kier alpha value is -10.3. The van der Waals surface area contributed by atoms with Crippen LogP contribution in [0.2, 0.25) is 0 Å². The number of likely N-dealkylation sites (N-methyl/N-ethyl adjacent to an activating group) is 1. The van der Waals surface area contributed by atoms with E-state index in [-0.39, 0.29) is 50.2 Å². The molecule has 28 nitrogen and oxygen atoms in total. The van der Waals surface area contributed by atoms with Gasteiger partial charge >= 0.3 is 24.0 Å². The number of aryl methyl sites for hydroxylation is 1. The van der Waals surface area contributed by atoms with E-state index in [9.17, 15) is 39.4 Å². The van der Waals surface area contributed by atoms with Crippen LogP contribution in [0, 0.1) is 45.3 Å². The highest BCUT2D eigenvalue weighted by Crippen LogP contribution is 2.43. The molecule has 123 heavy (non-hydrogen) atoms. The fourth-order valence-corrected chi connectivity index (χ4v) is 16.9. The Balaban J connectivity index is 0.000000186. The number of nitrogens with two attached hydrogens (primary N) is 5. The quantitative estimate of drug-likeness (QED) is 0.0227. The standard InChI is InChI=1S/C26H33N5O.C22H31F2N5O.2C22H32N6O2.H2S/c1-2-3-16-32-26-29-24-21(20(18-27)17-22(24)25(28)30-26)12-5-4-8-14-31-15-9-11-19-10-6-7-13-23(19)31;1-2-3-13-30-21-27-19-17(16(15-25)14-18(19)20(26)28-21)7-5-4-6-10-29-11-8-22(23,24)9-12-29;1-3-4-12-30-22-25-20-17(16(14-23)13-18(20)21(24)26-22)8-6-5-7-9-28-11-10-27(2)15-19(28)29;1-2-3-12-30-22-26-19-16(15(14-23)13-17(19)20(24)27-22)8-5-4-6-10-28-11-7-9-18(28)21(25)29;/h6-7,10,13H,2-5,8-9,11-12,14-17H2,1H3,(H2,28,29,30);2-14H2,1H3,(H2,26,27,28);3-13,15H2,1-2H3,(H2,24,25,26);18H,2-13H2,1H3,(H2,25,29)(H2,24,26,27);1H2/t;;;18-;/m...0./s1. The molecule has 1 atom stereocenters. The van der Waals surface area contributed by atoms with E-state index < -0.39 is 5.92 Å². The number of rotatable bonds is 41. The number of allylic oxidation sites excluding steroid dienone is 8. The van der Waals surface area contributed by atoms with Gasteiger partial charge in [0.15, 0.2) is 0 Å². The molecule has 2 amide bonds. The number of amides is 2. The number of nitriles is 4. The third kappa shape index (κ3) is 27.3. The highest BCUT2D eigenvalue weighted by Gasteiger charge is 2.36. The first-order valence-electron chi connectivity index (χ1n) is 44.8. The van der Waals surface area contributed by atoms with Crippen molar-refractivity contribution in [3.63, 3.8) is 0 Å². The normalized spacial score (nSPS) is 16.9. The number of primary amides is 1. The molecule has 5 aromatic rings. The molecule has 3 saturated heterocycles. The maximum absolute atomic E-state index is 13.2. The minimum absolute atomic E-state index is 0. The molecule has 0 bridgehead atoms. The Labute approximate surface area is 733 Å². The smallest absolute Gasteiger partial charge is 0.318 e. The van der Waals surface area contributed by atoms with E-state index in [1.807, 2.05) is 11.9 Å². The fraction of sp³-hybridized carbons (Fsp3) is 0.609. The summed E-state index contributed by atoms with van der Waals surface area (Å²) in [5, 5.41) is 38.4. The summed E-state index contributed by atoms with van der Waals surface area (Å²) in [6, 6.07) is 19.2. The van der Waals surface area contributed by atoms with Gasteiger partial charge in [-0.3, -0.25) is 19.4 Å². The number of anilines is 5. The van der Waals surface area contributed by atoms with Gasteiger partial charge in [-0.2, -0.15) is 74.4 Å². The van der Waals surface area contributed by atoms with Crippen molar-refractivity contribution >= 4 is 76.6 Å². The molecule has 0 saturated carbocycles. The molecule has 1 aromatic carbocycles. The van der Waals surface area contributed by atoms with E-state index in [1.165, 1.54) is 24.1 Å². The molecular weight excluding hydrogens is 1580 g/mol. The number of unbranched alkanes of at least 4 members (excludes halogenated alkanes) is 12. The summed E-state index contributed by atoms with van der Waals surface area (Å²) in [7, 11) is 1.98. The van der Waals surface area contributed by atoms with Crippen molar-refractivity contribution < 1.29 is 37.3 Å². The van der Waals surface area contributed by atoms with Crippen molar-refractivity contribution in [1.29, 1.82) is 21.0 Å². The van der Waals surface area contributed by atoms with Crippen LogP contribution in [0.5, 0.6) is 24.0 Å². The van der Waals surface area contributed by atoms with Crippen LogP contribution in [-0.2, 0) is 41.7 Å². The Kier molecular flexibility index (Phi) is 38.6. The first-order valence-corrected chi connectivity index (χ1v) is 44.8. The van der Waals surface area contributed by atoms with Crippen molar-refractivity contribution in [3.8, 4) is 48.3 Å². The topological polar surface area (TPSA) is 416 Å². The molecule has 4 aromatic heterocycles.